The molecule has 0 aliphatic carbocycles. The Hall–Kier alpha value is 0.0143. The van der Waals surface area contributed by atoms with Gasteiger partial charge in [0.25, 0.3) is 0 Å². The summed E-state index contributed by atoms with van der Waals surface area (Å²) in [5, 5.41) is 0. The SMILES string of the molecule is CC(C)[P](C(C)C)[Ti]([c]1ccccc1)([c]1ccccc1)[P](C(C)C)C(C)C. The average Bonchev–Trinajstić information content (AvgIpc) is 2.61. The predicted molar refractivity (Wildman–Crippen MR) is 127 cm³/mol. The van der Waals surface area contributed by atoms with Gasteiger partial charge < -0.3 is 0 Å². The van der Waals surface area contributed by atoms with Gasteiger partial charge in [-0.2, -0.15) is 0 Å². The van der Waals surface area contributed by atoms with E-state index < -0.39 is 15.6 Å². The summed E-state index contributed by atoms with van der Waals surface area (Å²) in [4.78, 5) is 0. The summed E-state index contributed by atoms with van der Waals surface area (Å²) >= 11 is -2.65. The summed E-state index contributed by atoms with van der Waals surface area (Å²) < 4.78 is 3.46. The van der Waals surface area contributed by atoms with Crippen LogP contribution in [0.25, 0.3) is 0 Å². The van der Waals surface area contributed by atoms with Crippen LogP contribution in [-0.2, 0) is 15.6 Å². The molecule has 0 atom stereocenters. The number of hydrogen-bond acceptors (Lipinski definition) is 0. The summed E-state index contributed by atoms with van der Waals surface area (Å²) in [6.07, 6.45) is 0. The third-order valence-electron chi connectivity index (χ3n) is 5.33. The second-order valence-electron chi connectivity index (χ2n) is 8.59. The molecular formula is C24H38P2Ti. The van der Waals surface area contributed by atoms with Crippen LogP contribution in [0, 0.1) is 0 Å². The fourth-order valence-electron chi connectivity index (χ4n) is 4.92. The molecular weight excluding hydrogens is 398 g/mol. The van der Waals surface area contributed by atoms with Crippen LogP contribution >= 0.6 is 11.8 Å². The third kappa shape index (κ3) is 4.78. The summed E-state index contributed by atoms with van der Waals surface area (Å²) in [5.41, 5.74) is 3.07. The first kappa shape index (κ1) is 23.3. The van der Waals surface area contributed by atoms with Crippen LogP contribution in [0.1, 0.15) is 55.4 Å². The maximum absolute atomic E-state index is 2.65. The van der Waals surface area contributed by atoms with Crippen LogP contribution in [0.15, 0.2) is 60.7 Å². The van der Waals surface area contributed by atoms with Crippen molar-refractivity contribution in [3.63, 3.8) is 0 Å². The van der Waals surface area contributed by atoms with Crippen molar-refractivity contribution in [2.45, 2.75) is 78.0 Å². The Morgan fingerprint density at radius 2 is 0.741 bits per heavy atom. The van der Waals surface area contributed by atoms with Gasteiger partial charge in [-0.3, -0.25) is 0 Å². The first-order chi connectivity index (χ1) is 12.7. The van der Waals surface area contributed by atoms with Crippen molar-refractivity contribution in [1.82, 2.24) is 0 Å². The summed E-state index contributed by atoms with van der Waals surface area (Å²) in [6, 6.07) is 23.5. The molecule has 0 heterocycles. The van der Waals surface area contributed by atoms with E-state index in [1.54, 1.807) is 7.74 Å². The Labute approximate surface area is 173 Å². The third-order valence-corrected chi connectivity index (χ3v) is 41.5. The Kier molecular flexibility index (Phi) is 8.77. The molecule has 0 fully saturated rings. The quantitative estimate of drug-likeness (QED) is 0.303. The molecule has 0 spiro atoms. The minimum absolute atomic E-state index is 0.0669. The Balaban J connectivity index is 2.97. The molecule has 0 amide bonds. The number of benzene rings is 2. The van der Waals surface area contributed by atoms with E-state index in [9.17, 15) is 0 Å². The molecule has 0 aliphatic rings. The van der Waals surface area contributed by atoms with E-state index in [0.717, 1.165) is 22.6 Å². The van der Waals surface area contributed by atoms with Gasteiger partial charge in [0.1, 0.15) is 0 Å². The molecule has 3 heteroatoms. The first-order valence-electron chi connectivity index (χ1n) is 10.4. The van der Waals surface area contributed by atoms with Gasteiger partial charge >= 0.3 is 174 Å². The van der Waals surface area contributed by atoms with Crippen LogP contribution in [0.4, 0.5) is 0 Å². The molecule has 0 aliphatic heterocycles. The molecule has 0 saturated carbocycles. The van der Waals surface area contributed by atoms with Gasteiger partial charge in [-0.15, -0.1) is 0 Å². The van der Waals surface area contributed by atoms with Crippen molar-refractivity contribution in [3.8, 4) is 0 Å². The van der Waals surface area contributed by atoms with E-state index >= 15 is 0 Å². The normalized spacial score (nSPS) is 13.0. The van der Waals surface area contributed by atoms with E-state index in [-0.39, 0.29) is 11.8 Å². The molecule has 0 radical (unpaired) electrons. The van der Waals surface area contributed by atoms with E-state index in [2.05, 4.69) is 116 Å². The fourth-order valence-corrected chi connectivity index (χ4v) is 52.4. The molecule has 2 rings (SSSR count). The van der Waals surface area contributed by atoms with Gasteiger partial charge in [-0.25, -0.2) is 0 Å². The molecule has 0 unspecified atom stereocenters. The summed E-state index contributed by atoms with van der Waals surface area (Å²) in [5.74, 6) is -0.134. The molecule has 0 saturated heterocycles. The Morgan fingerprint density at radius 1 is 0.481 bits per heavy atom. The predicted octanol–water partition coefficient (Wildman–Crippen LogP) is 7.22. The van der Waals surface area contributed by atoms with Crippen molar-refractivity contribution in [2.24, 2.45) is 0 Å². The molecule has 148 valence electrons. The van der Waals surface area contributed by atoms with Gasteiger partial charge in [0.05, 0.1) is 0 Å². The molecule has 2 aromatic rings. The monoisotopic (exact) mass is 436 g/mol. The van der Waals surface area contributed by atoms with Gasteiger partial charge in [0, 0.05) is 0 Å². The van der Waals surface area contributed by atoms with E-state index in [1.165, 1.54) is 0 Å². The second-order valence-corrected chi connectivity index (χ2v) is 30.1. The Bertz CT molecular complexity index is 603. The molecule has 0 aromatic heterocycles. The van der Waals surface area contributed by atoms with E-state index in [0.29, 0.717) is 0 Å². The summed E-state index contributed by atoms with van der Waals surface area (Å²) in [6.45, 7) is 20.0. The van der Waals surface area contributed by atoms with Crippen LogP contribution in [-0.4, -0.2) is 22.6 Å². The Morgan fingerprint density at radius 3 is 0.963 bits per heavy atom. The zero-order chi connectivity index (χ0) is 20.2. The molecule has 0 bridgehead atoms. The van der Waals surface area contributed by atoms with E-state index in [4.69, 9.17) is 0 Å². The molecule has 0 N–H and O–H groups in total. The standard InChI is InChI=1S/2C6H14P.2C6H5.Ti/c2*1-5(2)7-6(3)4;2*1-2-4-6-5-3-1;/h2*5-6H,1-4H3;2*1-5H;/q2*-1;;;+2. The van der Waals surface area contributed by atoms with Crippen LogP contribution in [0.5, 0.6) is 0 Å². The average molecular weight is 436 g/mol. The van der Waals surface area contributed by atoms with Gasteiger partial charge in [0.2, 0.25) is 0 Å². The van der Waals surface area contributed by atoms with Crippen molar-refractivity contribution >= 4 is 19.6 Å². The number of rotatable bonds is 8. The molecule has 0 nitrogen and oxygen atoms in total. The fraction of sp³-hybridized carbons (Fsp3) is 0.500. The minimum atomic E-state index is -2.65. The van der Waals surface area contributed by atoms with E-state index in [1.807, 2.05) is 0 Å². The van der Waals surface area contributed by atoms with Gasteiger partial charge in [0.15, 0.2) is 0 Å². The molecule has 27 heavy (non-hydrogen) atoms. The molecule has 2 aromatic carbocycles. The van der Waals surface area contributed by atoms with Crippen LogP contribution < -0.4 is 7.74 Å². The van der Waals surface area contributed by atoms with Crippen LogP contribution in [0.2, 0.25) is 0 Å². The van der Waals surface area contributed by atoms with Crippen molar-refractivity contribution < 1.29 is 15.6 Å². The van der Waals surface area contributed by atoms with Crippen molar-refractivity contribution in [1.29, 1.82) is 0 Å². The summed E-state index contributed by atoms with van der Waals surface area (Å²) in [7, 11) is 0. The van der Waals surface area contributed by atoms with Crippen molar-refractivity contribution in [2.75, 3.05) is 0 Å². The second kappa shape index (κ2) is 10.2. The van der Waals surface area contributed by atoms with Crippen molar-refractivity contribution in [3.05, 3.63) is 60.7 Å². The topological polar surface area (TPSA) is 0 Å². The van der Waals surface area contributed by atoms with Crippen LogP contribution in [0.3, 0.4) is 0 Å². The zero-order valence-corrected chi connectivity index (χ0v) is 21.8. The first-order valence-corrected chi connectivity index (χ1v) is 19.1. The van der Waals surface area contributed by atoms with Gasteiger partial charge in [-0.05, 0) is 0 Å². The maximum atomic E-state index is 2.51. The van der Waals surface area contributed by atoms with Gasteiger partial charge in [-0.1, -0.05) is 0 Å². The zero-order valence-electron chi connectivity index (χ0n) is 18.5. The number of hydrogen-bond donors (Lipinski definition) is 0.